The lowest BCUT2D eigenvalue weighted by molar-refractivity contribution is 0.306. The molecule has 3 rings (SSSR count). The number of halogens is 4. The minimum atomic E-state index is 0.401. The molecule has 0 spiro atoms. The molecule has 0 aromatic heterocycles. The summed E-state index contributed by atoms with van der Waals surface area (Å²) < 4.78 is 5.78. The molecule has 1 N–H and O–H groups in total. The number of benzene rings is 3. The molecule has 2 nitrogen and oxygen atoms in total. The second kappa shape index (κ2) is 8.88. The van der Waals surface area contributed by atoms with Gasteiger partial charge in [-0.2, -0.15) is 0 Å². The summed E-state index contributed by atoms with van der Waals surface area (Å²) in [6, 6.07) is 18.8. The first-order valence-electron chi connectivity index (χ1n) is 7.86. The fourth-order valence-electron chi connectivity index (χ4n) is 2.41. The van der Waals surface area contributed by atoms with Gasteiger partial charge in [0, 0.05) is 11.6 Å². The molecule has 6 heteroatoms. The summed E-state index contributed by atoms with van der Waals surface area (Å²) in [5.74, 6) is 0.477. The zero-order chi connectivity index (χ0) is 18.5. The summed E-state index contributed by atoms with van der Waals surface area (Å²) in [5, 5.41) is 5.31. The largest absolute Gasteiger partial charge is 0.486 e. The first-order chi connectivity index (χ1) is 12.5. The van der Waals surface area contributed by atoms with Crippen LogP contribution in [0.5, 0.6) is 5.75 Å². The molecule has 134 valence electrons. The number of hydrogen-bond acceptors (Lipinski definition) is 2. The van der Waals surface area contributed by atoms with E-state index in [0.717, 1.165) is 16.8 Å². The van der Waals surface area contributed by atoms with E-state index in [1.165, 1.54) is 0 Å². The van der Waals surface area contributed by atoms with Crippen LogP contribution in [0, 0.1) is 0 Å². The highest BCUT2D eigenvalue weighted by atomic mass is 35.5. The van der Waals surface area contributed by atoms with Crippen molar-refractivity contribution in [1.29, 1.82) is 0 Å². The van der Waals surface area contributed by atoms with E-state index in [0.29, 0.717) is 39.0 Å². The number of nitrogens with one attached hydrogen (secondary N) is 1. The van der Waals surface area contributed by atoms with Crippen LogP contribution >= 0.6 is 46.4 Å². The van der Waals surface area contributed by atoms with E-state index in [4.69, 9.17) is 51.1 Å². The smallest absolute Gasteiger partial charge is 0.156 e. The Hall–Kier alpha value is -1.58. The molecule has 0 unspecified atom stereocenters. The van der Waals surface area contributed by atoms with Gasteiger partial charge >= 0.3 is 0 Å². The summed E-state index contributed by atoms with van der Waals surface area (Å²) in [6.07, 6.45) is 0. The highest BCUT2D eigenvalue weighted by Gasteiger charge is 2.11. The lowest BCUT2D eigenvalue weighted by atomic mass is 10.2. The molecule has 0 saturated carbocycles. The maximum Gasteiger partial charge on any atom is 0.156 e. The molecular weight excluding hydrogens is 412 g/mol. The van der Waals surface area contributed by atoms with Crippen LogP contribution in [0.2, 0.25) is 20.1 Å². The second-order valence-corrected chi connectivity index (χ2v) is 7.30. The van der Waals surface area contributed by atoms with Crippen molar-refractivity contribution in [3.8, 4) is 5.75 Å². The Kier molecular flexibility index (Phi) is 6.55. The minimum Gasteiger partial charge on any atom is -0.486 e. The minimum absolute atomic E-state index is 0.401. The fourth-order valence-corrected chi connectivity index (χ4v) is 3.53. The van der Waals surface area contributed by atoms with Gasteiger partial charge < -0.3 is 10.1 Å². The molecule has 0 fully saturated rings. The highest BCUT2D eigenvalue weighted by Crippen LogP contribution is 2.35. The first-order valence-corrected chi connectivity index (χ1v) is 9.37. The van der Waals surface area contributed by atoms with E-state index in [9.17, 15) is 0 Å². The van der Waals surface area contributed by atoms with Crippen LogP contribution in [0.4, 0.5) is 5.69 Å². The van der Waals surface area contributed by atoms with E-state index in [2.05, 4.69) is 5.32 Å². The fraction of sp³-hybridized carbons (Fsp3) is 0.100. The molecule has 26 heavy (non-hydrogen) atoms. The Labute approximate surface area is 172 Å². The van der Waals surface area contributed by atoms with Crippen molar-refractivity contribution < 1.29 is 4.74 Å². The number of hydrogen-bond donors (Lipinski definition) is 1. The SMILES string of the molecule is Clc1ccc(NCc2cc(Cl)c(OCc3ccccc3)c(Cl)c2)c(Cl)c1. The van der Waals surface area contributed by atoms with Gasteiger partial charge in [0.05, 0.1) is 20.8 Å². The Bertz CT molecular complexity index is 877. The van der Waals surface area contributed by atoms with Crippen LogP contribution < -0.4 is 10.1 Å². The lowest BCUT2D eigenvalue weighted by Crippen LogP contribution is -2.01. The third-order valence-electron chi connectivity index (χ3n) is 3.70. The van der Waals surface area contributed by atoms with Crippen molar-refractivity contribution in [1.82, 2.24) is 0 Å². The normalized spacial score (nSPS) is 10.6. The van der Waals surface area contributed by atoms with E-state index >= 15 is 0 Å². The van der Waals surface area contributed by atoms with Gasteiger partial charge in [0.1, 0.15) is 6.61 Å². The van der Waals surface area contributed by atoms with Crippen molar-refractivity contribution in [3.63, 3.8) is 0 Å². The van der Waals surface area contributed by atoms with Crippen LogP contribution in [-0.4, -0.2) is 0 Å². The average molecular weight is 427 g/mol. The van der Waals surface area contributed by atoms with Crippen molar-refractivity contribution in [2.75, 3.05) is 5.32 Å². The first kappa shape index (κ1) is 19.2. The molecular formula is C20H15Cl4NO. The van der Waals surface area contributed by atoms with Crippen molar-refractivity contribution >= 4 is 52.1 Å². The number of ether oxygens (including phenoxy) is 1. The predicted octanol–water partition coefficient (Wildman–Crippen LogP) is 7.49. The summed E-state index contributed by atoms with van der Waals surface area (Å²) in [7, 11) is 0. The zero-order valence-corrected chi connectivity index (χ0v) is 16.6. The molecule has 0 aliphatic carbocycles. The highest BCUT2D eigenvalue weighted by molar-refractivity contribution is 6.37. The summed E-state index contributed by atoms with van der Waals surface area (Å²) >= 11 is 24.8. The van der Waals surface area contributed by atoms with Crippen LogP contribution in [0.25, 0.3) is 0 Å². The van der Waals surface area contributed by atoms with Crippen LogP contribution in [0.15, 0.2) is 60.7 Å². The third kappa shape index (κ3) is 4.99. The van der Waals surface area contributed by atoms with Gasteiger partial charge in [0.2, 0.25) is 0 Å². The average Bonchev–Trinajstić information content (AvgIpc) is 2.61. The Balaban J connectivity index is 1.68. The molecule has 0 aliphatic rings. The van der Waals surface area contributed by atoms with Crippen LogP contribution in [0.1, 0.15) is 11.1 Å². The van der Waals surface area contributed by atoms with Gasteiger partial charge in [0.15, 0.2) is 5.75 Å². The van der Waals surface area contributed by atoms with Crippen LogP contribution in [-0.2, 0) is 13.2 Å². The Morgan fingerprint density at radius 1 is 0.731 bits per heavy atom. The molecule has 0 heterocycles. The second-order valence-electron chi connectivity index (χ2n) is 5.64. The van der Waals surface area contributed by atoms with Crippen LogP contribution in [0.3, 0.4) is 0 Å². The number of anilines is 1. The number of rotatable bonds is 6. The summed E-state index contributed by atoms with van der Waals surface area (Å²) in [5.41, 5.74) is 2.74. The van der Waals surface area contributed by atoms with Gasteiger partial charge in [-0.15, -0.1) is 0 Å². The zero-order valence-electron chi connectivity index (χ0n) is 13.6. The van der Waals surface area contributed by atoms with Crippen molar-refractivity contribution in [3.05, 3.63) is 91.9 Å². The van der Waals surface area contributed by atoms with E-state index < -0.39 is 0 Å². The molecule has 0 atom stereocenters. The monoisotopic (exact) mass is 425 g/mol. The maximum absolute atomic E-state index is 6.35. The lowest BCUT2D eigenvalue weighted by Gasteiger charge is -2.13. The maximum atomic E-state index is 6.35. The quantitative estimate of drug-likeness (QED) is 0.440. The van der Waals surface area contributed by atoms with Gasteiger partial charge in [-0.25, -0.2) is 0 Å². The molecule has 0 radical (unpaired) electrons. The van der Waals surface area contributed by atoms with E-state index in [1.807, 2.05) is 48.5 Å². The van der Waals surface area contributed by atoms with Crippen molar-refractivity contribution in [2.45, 2.75) is 13.2 Å². The van der Waals surface area contributed by atoms with Gasteiger partial charge in [0.25, 0.3) is 0 Å². The van der Waals surface area contributed by atoms with Gasteiger partial charge in [-0.3, -0.25) is 0 Å². The summed E-state index contributed by atoms with van der Waals surface area (Å²) in [4.78, 5) is 0. The molecule has 0 saturated heterocycles. The molecule has 0 bridgehead atoms. The molecule has 0 aliphatic heterocycles. The molecule has 0 amide bonds. The Morgan fingerprint density at radius 2 is 1.42 bits per heavy atom. The van der Waals surface area contributed by atoms with E-state index in [1.54, 1.807) is 12.1 Å². The van der Waals surface area contributed by atoms with Crippen molar-refractivity contribution in [2.24, 2.45) is 0 Å². The third-order valence-corrected chi connectivity index (χ3v) is 4.81. The van der Waals surface area contributed by atoms with Gasteiger partial charge in [-0.05, 0) is 41.5 Å². The summed E-state index contributed by atoms with van der Waals surface area (Å²) in [6.45, 7) is 0.915. The topological polar surface area (TPSA) is 21.3 Å². The van der Waals surface area contributed by atoms with Gasteiger partial charge in [-0.1, -0.05) is 76.7 Å². The van der Waals surface area contributed by atoms with E-state index in [-0.39, 0.29) is 0 Å². The predicted molar refractivity (Wildman–Crippen MR) is 111 cm³/mol. The Morgan fingerprint density at radius 3 is 2.08 bits per heavy atom. The molecule has 3 aromatic rings. The molecule has 3 aromatic carbocycles. The standard InChI is InChI=1S/C20H15Cl4NO/c21-15-6-7-19(16(22)10-15)25-11-14-8-17(23)20(18(24)9-14)26-12-13-4-2-1-3-5-13/h1-10,25H,11-12H2.